The van der Waals surface area contributed by atoms with Crippen LogP contribution in [-0.2, 0) is 4.74 Å². The van der Waals surface area contributed by atoms with Crippen molar-refractivity contribution in [2.24, 2.45) is 0 Å². The molecule has 2 heterocycles. The zero-order chi connectivity index (χ0) is 6.97. The van der Waals surface area contributed by atoms with Gasteiger partial charge in [-0.2, -0.15) is 0 Å². The number of hydrogen-bond acceptors (Lipinski definition) is 2. The zero-order valence-corrected chi connectivity index (χ0v) is 6.31. The summed E-state index contributed by atoms with van der Waals surface area (Å²) in [5.74, 6) is 1.27. The predicted octanol–water partition coefficient (Wildman–Crippen LogP) is 1.04. The summed E-state index contributed by atoms with van der Waals surface area (Å²) in [7, 11) is 0. The maximum atomic E-state index is 5.60. The molecule has 0 saturated heterocycles. The fourth-order valence-electron chi connectivity index (χ4n) is 1.68. The van der Waals surface area contributed by atoms with Crippen molar-refractivity contribution in [1.82, 2.24) is 5.32 Å². The van der Waals surface area contributed by atoms with Crippen LogP contribution in [-0.4, -0.2) is 19.2 Å². The monoisotopic (exact) mass is 139 g/mol. The Morgan fingerprint density at radius 1 is 1.60 bits per heavy atom. The molecule has 2 aliphatic rings. The Kier molecular flexibility index (Phi) is 1.42. The molecule has 2 rings (SSSR count). The maximum absolute atomic E-state index is 5.60. The van der Waals surface area contributed by atoms with E-state index in [1.165, 1.54) is 11.3 Å². The van der Waals surface area contributed by atoms with Crippen molar-refractivity contribution in [2.75, 3.05) is 13.1 Å². The van der Waals surface area contributed by atoms with Crippen molar-refractivity contribution < 1.29 is 4.74 Å². The lowest BCUT2D eigenvalue weighted by Crippen LogP contribution is -2.23. The number of nitrogens with one attached hydrogen (secondary N) is 1. The van der Waals surface area contributed by atoms with Crippen molar-refractivity contribution in [3.63, 3.8) is 0 Å². The minimum atomic E-state index is 0.435. The van der Waals surface area contributed by atoms with E-state index in [4.69, 9.17) is 4.74 Å². The van der Waals surface area contributed by atoms with Crippen LogP contribution in [0.5, 0.6) is 0 Å². The van der Waals surface area contributed by atoms with Crippen molar-refractivity contribution in [2.45, 2.75) is 25.9 Å². The average Bonchev–Trinajstić information content (AvgIpc) is 2.27. The van der Waals surface area contributed by atoms with E-state index in [-0.39, 0.29) is 0 Å². The first-order chi connectivity index (χ1) is 4.86. The Hall–Kier alpha value is -0.500. The van der Waals surface area contributed by atoms with Gasteiger partial charge in [-0.25, -0.2) is 0 Å². The molecule has 2 heteroatoms. The normalized spacial score (nSPS) is 31.9. The molecule has 2 aliphatic heterocycles. The summed E-state index contributed by atoms with van der Waals surface area (Å²) in [5.41, 5.74) is 1.50. The summed E-state index contributed by atoms with van der Waals surface area (Å²) in [6.07, 6.45) is 2.67. The molecule has 0 aromatic rings. The molecule has 0 aromatic heterocycles. The van der Waals surface area contributed by atoms with Gasteiger partial charge < -0.3 is 10.1 Å². The van der Waals surface area contributed by atoms with Crippen LogP contribution in [0, 0.1) is 0 Å². The van der Waals surface area contributed by atoms with Crippen LogP contribution in [0.25, 0.3) is 0 Å². The topological polar surface area (TPSA) is 21.3 Å². The third-order valence-electron chi connectivity index (χ3n) is 2.14. The van der Waals surface area contributed by atoms with E-state index < -0.39 is 0 Å². The molecule has 0 saturated carbocycles. The van der Waals surface area contributed by atoms with Crippen LogP contribution in [0.1, 0.15) is 19.8 Å². The van der Waals surface area contributed by atoms with E-state index in [1.54, 1.807) is 0 Å². The van der Waals surface area contributed by atoms with Gasteiger partial charge >= 0.3 is 0 Å². The Morgan fingerprint density at radius 3 is 3.30 bits per heavy atom. The van der Waals surface area contributed by atoms with E-state index in [2.05, 4.69) is 12.2 Å². The Labute approximate surface area is 61.3 Å². The summed E-state index contributed by atoms with van der Waals surface area (Å²) in [5, 5.41) is 3.34. The van der Waals surface area contributed by atoms with E-state index in [1.807, 2.05) is 0 Å². The second kappa shape index (κ2) is 2.27. The molecule has 0 radical (unpaired) electrons. The first kappa shape index (κ1) is 6.23. The van der Waals surface area contributed by atoms with Gasteiger partial charge in [-0.15, -0.1) is 0 Å². The van der Waals surface area contributed by atoms with Crippen LogP contribution < -0.4 is 5.32 Å². The highest BCUT2D eigenvalue weighted by atomic mass is 16.5. The lowest BCUT2D eigenvalue weighted by atomic mass is 10.1. The number of ether oxygens (including phenoxy) is 1. The minimum absolute atomic E-state index is 0.435. The molecule has 10 heavy (non-hydrogen) atoms. The van der Waals surface area contributed by atoms with Gasteiger partial charge in [0.15, 0.2) is 0 Å². The largest absolute Gasteiger partial charge is 0.495 e. The van der Waals surface area contributed by atoms with Crippen molar-refractivity contribution >= 4 is 0 Å². The second-order valence-electron chi connectivity index (χ2n) is 3.09. The third kappa shape index (κ3) is 0.926. The number of rotatable bonds is 0. The maximum Gasteiger partial charge on any atom is 0.0993 e. The molecule has 1 unspecified atom stereocenters. The van der Waals surface area contributed by atoms with Crippen LogP contribution in [0.2, 0.25) is 0 Å². The lowest BCUT2D eigenvalue weighted by Gasteiger charge is -2.13. The Balaban J connectivity index is 2.13. The first-order valence-electron chi connectivity index (χ1n) is 3.94. The summed E-state index contributed by atoms with van der Waals surface area (Å²) in [6, 6.07) is 0. The molecular formula is C8H13NO. The summed E-state index contributed by atoms with van der Waals surface area (Å²) >= 11 is 0. The highest BCUT2D eigenvalue weighted by molar-refractivity contribution is 5.18. The fraction of sp³-hybridized carbons (Fsp3) is 0.750. The Morgan fingerprint density at radius 2 is 2.50 bits per heavy atom. The average molecular weight is 139 g/mol. The smallest absolute Gasteiger partial charge is 0.0993 e. The van der Waals surface area contributed by atoms with Gasteiger partial charge in [0.25, 0.3) is 0 Å². The molecule has 56 valence electrons. The molecule has 1 N–H and O–H groups in total. The first-order valence-corrected chi connectivity index (χ1v) is 3.94. The van der Waals surface area contributed by atoms with Crippen LogP contribution in [0.3, 0.4) is 0 Å². The van der Waals surface area contributed by atoms with Gasteiger partial charge in [0, 0.05) is 25.9 Å². The van der Waals surface area contributed by atoms with Gasteiger partial charge in [-0.05, 0) is 12.5 Å². The van der Waals surface area contributed by atoms with Gasteiger partial charge in [0.2, 0.25) is 0 Å². The van der Waals surface area contributed by atoms with Crippen molar-refractivity contribution in [3.8, 4) is 0 Å². The third-order valence-corrected chi connectivity index (χ3v) is 2.14. The summed E-state index contributed by atoms with van der Waals surface area (Å²) in [4.78, 5) is 0. The Bertz CT molecular complexity index is 156. The van der Waals surface area contributed by atoms with Gasteiger partial charge in [-0.3, -0.25) is 0 Å². The van der Waals surface area contributed by atoms with Crippen LogP contribution in [0.4, 0.5) is 0 Å². The molecular weight excluding hydrogens is 126 g/mol. The van der Waals surface area contributed by atoms with Crippen molar-refractivity contribution in [1.29, 1.82) is 0 Å². The van der Waals surface area contributed by atoms with Crippen LogP contribution in [0.15, 0.2) is 11.3 Å². The molecule has 0 amide bonds. The summed E-state index contributed by atoms with van der Waals surface area (Å²) < 4.78 is 5.60. The zero-order valence-electron chi connectivity index (χ0n) is 6.31. The second-order valence-corrected chi connectivity index (χ2v) is 3.09. The van der Waals surface area contributed by atoms with E-state index in [9.17, 15) is 0 Å². The van der Waals surface area contributed by atoms with Crippen molar-refractivity contribution in [3.05, 3.63) is 11.3 Å². The van der Waals surface area contributed by atoms with Gasteiger partial charge in [-0.1, -0.05) is 0 Å². The van der Waals surface area contributed by atoms with E-state index in [0.29, 0.717) is 6.10 Å². The van der Waals surface area contributed by atoms with Gasteiger partial charge in [0.05, 0.1) is 11.9 Å². The molecule has 0 spiro atoms. The van der Waals surface area contributed by atoms with E-state index in [0.717, 1.165) is 25.9 Å². The highest BCUT2D eigenvalue weighted by Crippen LogP contribution is 2.27. The van der Waals surface area contributed by atoms with E-state index >= 15 is 0 Å². The molecule has 0 bridgehead atoms. The number of hydrogen-bond donors (Lipinski definition) is 1. The SMILES string of the molecule is CC1CC2=C(CCNC2)O1. The highest BCUT2D eigenvalue weighted by Gasteiger charge is 2.23. The van der Waals surface area contributed by atoms with Gasteiger partial charge in [0.1, 0.15) is 0 Å². The molecule has 2 nitrogen and oxygen atoms in total. The predicted molar refractivity (Wildman–Crippen MR) is 39.7 cm³/mol. The molecule has 1 atom stereocenters. The molecule has 0 fully saturated rings. The quantitative estimate of drug-likeness (QED) is 0.541. The fourth-order valence-corrected chi connectivity index (χ4v) is 1.68. The summed E-state index contributed by atoms with van der Waals surface area (Å²) in [6.45, 7) is 4.28. The molecule has 0 aliphatic carbocycles. The van der Waals surface area contributed by atoms with Crippen LogP contribution >= 0.6 is 0 Å². The molecule has 0 aromatic carbocycles. The lowest BCUT2D eigenvalue weighted by molar-refractivity contribution is 0.153. The minimum Gasteiger partial charge on any atom is -0.495 e. The standard InChI is InChI=1S/C8H13NO/c1-6-4-7-5-9-3-2-8(7)10-6/h6,9H,2-5H2,1H3.